The summed E-state index contributed by atoms with van der Waals surface area (Å²) in [6.45, 7) is 4.06. The highest BCUT2D eigenvalue weighted by molar-refractivity contribution is 5.80. The fourth-order valence-electron chi connectivity index (χ4n) is 8.14. The van der Waals surface area contributed by atoms with Crippen LogP contribution in [0.25, 0.3) is 0 Å². The first-order valence-electron chi connectivity index (χ1n) is 26.4. The number of carbonyl (C=O) groups excluding carboxylic acids is 1. The molecule has 0 aromatic carbocycles. The number of aliphatic hydroxyl groups excluding tert-OH is 4. The highest BCUT2D eigenvalue weighted by Gasteiger charge is 2.28. The fourth-order valence-corrected chi connectivity index (χ4v) is 8.14. The topological polar surface area (TPSA) is 110 Å². The average Bonchev–Trinajstić information content (AvgIpc) is 3.25. The lowest BCUT2D eigenvalue weighted by molar-refractivity contribution is -0.132. The number of aliphatic hydroxyl groups is 4. The van der Waals surface area contributed by atoms with Crippen LogP contribution in [-0.4, -0.2) is 57.3 Å². The van der Waals surface area contributed by atoms with Crippen molar-refractivity contribution in [2.24, 2.45) is 0 Å². The Kier molecular flexibility index (Phi) is 47.4. The molecule has 1 amide bonds. The predicted octanol–water partition coefficient (Wildman–Crippen LogP) is 14.9. The lowest BCUT2D eigenvalue weighted by Crippen LogP contribution is -2.53. The van der Waals surface area contributed by atoms with Crippen LogP contribution in [0.5, 0.6) is 0 Å². The zero-order chi connectivity index (χ0) is 43.8. The smallest absolute Gasteiger partial charge is 0.249 e. The summed E-state index contributed by atoms with van der Waals surface area (Å²) >= 11 is 0. The van der Waals surface area contributed by atoms with E-state index in [9.17, 15) is 25.2 Å². The minimum atomic E-state index is -1.29. The van der Waals surface area contributed by atoms with Gasteiger partial charge >= 0.3 is 0 Å². The molecular formula is C54H103NO5. The van der Waals surface area contributed by atoms with Crippen LogP contribution in [-0.2, 0) is 4.79 Å². The van der Waals surface area contributed by atoms with Gasteiger partial charge in [0.1, 0.15) is 12.2 Å². The van der Waals surface area contributed by atoms with E-state index in [2.05, 4.69) is 55.6 Å². The molecule has 4 unspecified atom stereocenters. The molecule has 6 heteroatoms. The predicted molar refractivity (Wildman–Crippen MR) is 260 cm³/mol. The van der Waals surface area contributed by atoms with Crippen molar-refractivity contribution in [2.75, 3.05) is 6.61 Å². The Morgan fingerprint density at radius 1 is 0.400 bits per heavy atom. The zero-order valence-corrected chi connectivity index (χ0v) is 40.0. The molecule has 4 atom stereocenters. The number of rotatable bonds is 48. The van der Waals surface area contributed by atoms with E-state index in [1.807, 2.05) is 0 Å². The van der Waals surface area contributed by atoms with Crippen LogP contribution < -0.4 is 5.32 Å². The van der Waals surface area contributed by atoms with Crippen molar-refractivity contribution in [3.05, 3.63) is 36.5 Å². The summed E-state index contributed by atoms with van der Waals surface area (Å²) in [5.41, 5.74) is 0. The largest absolute Gasteiger partial charge is 0.394 e. The molecule has 0 aliphatic heterocycles. The molecule has 6 nitrogen and oxygen atoms in total. The summed E-state index contributed by atoms with van der Waals surface area (Å²) in [5.74, 6) is -0.596. The van der Waals surface area contributed by atoms with E-state index in [4.69, 9.17) is 0 Å². The molecule has 0 aromatic rings. The van der Waals surface area contributed by atoms with Gasteiger partial charge in [0.25, 0.3) is 0 Å². The molecule has 354 valence electrons. The maximum absolute atomic E-state index is 12.6. The minimum absolute atomic E-state index is 0.362. The number of nitrogens with one attached hydrogen (secondary N) is 1. The lowest BCUT2D eigenvalue weighted by atomic mass is 10.00. The van der Waals surface area contributed by atoms with Crippen molar-refractivity contribution in [1.29, 1.82) is 0 Å². The number of unbranched alkanes of at least 4 members (excludes halogenated alkanes) is 33. The average molecular weight is 846 g/mol. The summed E-state index contributed by atoms with van der Waals surface area (Å²) in [7, 11) is 0. The molecule has 5 N–H and O–H groups in total. The van der Waals surface area contributed by atoms with Gasteiger partial charge in [-0.05, 0) is 64.2 Å². The lowest BCUT2D eigenvalue weighted by Gasteiger charge is -2.27. The quantitative estimate of drug-likeness (QED) is 0.0309. The highest BCUT2D eigenvalue weighted by Crippen LogP contribution is 2.17. The first-order valence-corrected chi connectivity index (χ1v) is 26.4. The molecule has 0 aliphatic carbocycles. The van der Waals surface area contributed by atoms with E-state index in [-0.39, 0.29) is 0 Å². The van der Waals surface area contributed by atoms with Gasteiger partial charge in [-0.25, -0.2) is 0 Å². The van der Waals surface area contributed by atoms with Crippen LogP contribution in [0.4, 0.5) is 0 Å². The maximum atomic E-state index is 12.6. The monoisotopic (exact) mass is 846 g/mol. The van der Waals surface area contributed by atoms with Gasteiger partial charge < -0.3 is 25.7 Å². The van der Waals surface area contributed by atoms with Gasteiger partial charge in [-0.3, -0.25) is 4.79 Å². The van der Waals surface area contributed by atoms with Crippen LogP contribution in [0.1, 0.15) is 271 Å². The van der Waals surface area contributed by atoms with Gasteiger partial charge in [0.15, 0.2) is 0 Å². The van der Waals surface area contributed by atoms with Gasteiger partial charge in [0.05, 0.1) is 18.8 Å². The Balaban J connectivity index is 3.73. The van der Waals surface area contributed by atoms with Crippen LogP contribution in [0.3, 0.4) is 0 Å². The van der Waals surface area contributed by atoms with Crippen LogP contribution in [0, 0.1) is 0 Å². The molecule has 0 aromatic heterocycles. The second-order valence-electron chi connectivity index (χ2n) is 18.2. The second-order valence-corrected chi connectivity index (χ2v) is 18.2. The van der Waals surface area contributed by atoms with Crippen molar-refractivity contribution in [2.45, 2.75) is 295 Å². The number of hydrogen-bond donors (Lipinski definition) is 5. The first kappa shape index (κ1) is 58.5. The van der Waals surface area contributed by atoms with Gasteiger partial charge in [-0.15, -0.1) is 0 Å². The number of amides is 1. The summed E-state index contributed by atoms with van der Waals surface area (Å²) in [6.07, 6.45) is 59.1. The van der Waals surface area contributed by atoms with Crippen molar-refractivity contribution in [3.8, 4) is 0 Å². The van der Waals surface area contributed by atoms with E-state index < -0.39 is 36.9 Å². The number of allylic oxidation sites excluding steroid dienone is 6. The number of carbonyl (C=O) groups is 1. The van der Waals surface area contributed by atoms with Gasteiger partial charge in [0.2, 0.25) is 5.91 Å². The molecule has 0 heterocycles. The van der Waals surface area contributed by atoms with E-state index in [1.165, 1.54) is 186 Å². The van der Waals surface area contributed by atoms with Crippen molar-refractivity contribution < 1.29 is 25.2 Å². The van der Waals surface area contributed by atoms with Gasteiger partial charge in [-0.2, -0.15) is 0 Å². The SMILES string of the molecule is CCCCCCCCCCCCC/C=C/CC/C=C/CC/C=C/CCCC(O)C(O)C(CO)NC(=O)C(O)CCCCCCCCCCCCCCCCCCCCCC. The van der Waals surface area contributed by atoms with E-state index in [0.29, 0.717) is 19.3 Å². The van der Waals surface area contributed by atoms with Crippen molar-refractivity contribution in [1.82, 2.24) is 5.32 Å². The summed E-state index contributed by atoms with van der Waals surface area (Å²) in [6, 6.07) is -1.01. The van der Waals surface area contributed by atoms with Crippen LogP contribution in [0.2, 0.25) is 0 Å². The van der Waals surface area contributed by atoms with Gasteiger partial charge in [0, 0.05) is 0 Å². The molecule has 0 saturated carbocycles. The van der Waals surface area contributed by atoms with Gasteiger partial charge in [-0.1, -0.05) is 243 Å². The standard InChI is InChI=1S/C54H103NO5/c1-3-5-7-9-11-13-15-17-19-21-23-25-26-27-28-30-31-33-35-37-39-41-43-45-47-51(57)53(59)50(49-56)55-54(60)52(58)48-46-44-42-40-38-36-34-32-29-24-22-20-18-16-14-12-10-8-6-4-2/h26-27,31,33,39,41,50-53,56-59H,3-25,28-30,32,34-38,40,42-49H2,1-2H3,(H,55,60)/b27-26+,33-31+,41-39+. The summed E-state index contributed by atoms with van der Waals surface area (Å²) < 4.78 is 0. The molecule has 0 rings (SSSR count). The second kappa shape index (κ2) is 48.6. The molecule has 0 radical (unpaired) electrons. The Bertz CT molecular complexity index is 950. The first-order chi connectivity index (χ1) is 29.5. The maximum Gasteiger partial charge on any atom is 0.249 e. The van der Waals surface area contributed by atoms with Crippen molar-refractivity contribution >= 4 is 5.91 Å². The molecule has 0 spiro atoms. The molecule has 0 saturated heterocycles. The Labute approximate surface area is 373 Å². The molecule has 60 heavy (non-hydrogen) atoms. The molecule has 0 fully saturated rings. The highest BCUT2D eigenvalue weighted by atomic mass is 16.3. The Morgan fingerprint density at radius 3 is 1.05 bits per heavy atom. The van der Waals surface area contributed by atoms with Crippen LogP contribution >= 0.6 is 0 Å². The summed E-state index contributed by atoms with van der Waals surface area (Å²) in [5, 5.41) is 43.9. The van der Waals surface area contributed by atoms with E-state index >= 15 is 0 Å². The van der Waals surface area contributed by atoms with E-state index in [1.54, 1.807) is 0 Å². The third-order valence-corrected chi connectivity index (χ3v) is 12.3. The van der Waals surface area contributed by atoms with Crippen LogP contribution in [0.15, 0.2) is 36.5 Å². The normalized spacial score (nSPS) is 14.2. The third kappa shape index (κ3) is 41.9. The Hall–Kier alpha value is -1.47. The third-order valence-electron chi connectivity index (χ3n) is 12.3. The van der Waals surface area contributed by atoms with Crippen molar-refractivity contribution in [3.63, 3.8) is 0 Å². The number of hydrogen-bond acceptors (Lipinski definition) is 5. The summed E-state index contributed by atoms with van der Waals surface area (Å²) in [4.78, 5) is 12.6. The molecule has 0 bridgehead atoms. The Morgan fingerprint density at radius 2 is 0.700 bits per heavy atom. The zero-order valence-electron chi connectivity index (χ0n) is 40.0. The van der Waals surface area contributed by atoms with E-state index in [0.717, 1.165) is 51.4 Å². The fraction of sp³-hybridized carbons (Fsp3) is 0.870. The minimum Gasteiger partial charge on any atom is -0.394 e. The molecular weight excluding hydrogens is 743 g/mol. The molecule has 0 aliphatic rings.